The zero-order chi connectivity index (χ0) is 24.9. The smallest absolute Gasteiger partial charge is 0.331 e. The molecule has 0 aromatic rings. The van der Waals surface area contributed by atoms with Gasteiger partial charge in [-0.15, -0.1) is 0 Å². The van der Waals surface area contributed by atoms with E-state index in [2.05, 4.69) is 40.7 Å². The molecular weight excluding hydrogens is 428 g/mol. The van der Waals surface area contributed by atoms with Gasteiger partial charge in [-0.2, -0.15) is 0 Å². The van der Waals surface area contributed by atoms with Gasteiger partial charge in [0.25, 0.3) is 0 Å². The number of allylic oxidation sites excluding steroid dienone is 2. The van der Waals surface area contributed by atoms with Crippen LogP contribution in [0.1, 0.15) is 80.6 Å². The van der Waals surface area contributed by atoms with Crippen molar-refractivity contribution in [2.75, 3.05) is 0 Å². The maximum Gasteiger partial charge on any atom is 0.331 e. The Balaban J connectivity index is 1.62. The van der Waals surface area contributed by atoms with Crippen LogP contribution in [0.25, 0.3) is 0 Å². The highest BCUT2D eigenvalue weighted by atomic mass is 16.6. The molecule has 0 saturated heterocycles. The summed E-state index contributed by atoms with van der Waals surface area (Å²) in [5.41, 5.74) is -1.24. The number of esters is 2. The molecule has 5 aliphatic rings. The van der Waals surface area contributed by atoms with Crippen LogP contribution in [0, 0.1) is 45.3 Å². The lowest BCUT2D eigenvalue weighted by atomic mass is 9.36. The van der Waals surface area contributed by atoms with Gasteiger partial charge in [-0.3, -0.25) is 9.59 Å². The van der Waals surface area contributed by atoms with Gasteiger partial charge in [0, 0.05) is 30.3 Å². The molecule has 3 saturated carbocycles. The first-order chi connectivity index (χ1) is 15.7. The van der Waals surface area contributed by atoms with E-state index in [1.165, 1.54) is 6.92 Å². The summed E-state index contributed by atoms with van der Waals surface area (Å²) in [6.07, 6.45) is 12.0. The van der Waals surface area contributed by atoms with Crippen LogP contribution in [0.15, 0.2) is 24.3 Å². The Bertz CT molecular complexity index is 1010. The van der Waals surface area contributed by atoms with Gasteiger partial charge in [-0.25, -0.2) is 4.79 Å². The van der Waals surface area contributed by atoms with Crippen LogP contribution in [0.5, 0.6) is 0 Å². The third-order valence-electron chi connectivity index (χ3n) is 11.6. The minimum atomic E-state index is -0.665. The van der Waals surface area contributed by atoms with Gasteiger partial charge in [-0.1, -0.05) is 40.7 Å². The summed E-state index contributed by atoms with van der Waals surface area (Å²) in [5.74, 6) is 0.459. The zero-order valence-corrected chi connectivity index (χ0v) is 21.8. The highest BCUT2D eigenvalue weighted by molar-refractivity contribution is 5.95. The molecule has 5 rings (SSSR count). The Morgan fingerprint density at radius 2 is 1.62 bits per heavy atom. The fourth-order valence-corrected chi connectivity index (χ4v) is 9.72. The molecule has 34 heavy (non-hydrogen) atoms. The Morgan fingerprint density at radius 1 is 0.941 bits per heavy atom. The van der Waals surface area contributed by atoms with Crippen molar-refractivity contribution in [2.24, 2.45) is 45.3 Å². The molecule has 0 aromatic heterocycles. The number of carbonyl (C=O) groups is 3. The Hall–Kier alpha value is -1.91. The number of hydrogen-bond donors (Lipinski definition) is 0. The number of hydrogen-bond acceptors (Lipinski definition) is 5. The molecule has 3 unspecified atom stereocenters. The van der Waals surface area contributed by atoms with E-state index < -0.39 is 11.0 Å². The van der Waals surface area contributed by atoms with Crippen molar-refractivity contribution < 1.29 is 23.9 Å². The van der Waals surface area contributed by atoms with Crippen LogP contribution < -0.4 is 0 Å². The highest BCUT2D eigenvalue weighted by Crippen LogP contribution is 2.75. The Kier molecular flexibility index (Phi) is 4.95. The van der Waals surface area contributed by atoms with Crippen LogP contribution in [0.2, 0.25) is 0 Å². The third-order valence-corrected chi connectivity index (χ3v) is 11.6. The van der Waals surface area contributed by atoms with E-state index in [-0.39, 0.29) is 57.8 Å². The van der Waals surface area contributed by atoms with Crippen LogP contribution in [-0.4, -0.2) is 29.4 Å². The number of fused-ring (bicyclic) bond motifs is 5. The summed E-state index contributed by atoms with van der Waals surface area (Å²) in [4.78, 5) is 37.3. The summed E-state index contributed by atoms with van der Waals surface area (Å²) in [6, 6.07) is 0. The second-order valence-corrected chi connectivity index (χ2v) is 13.3. The first-order valence-electron chi connectivity index (χ1n) is 13.0. The standard InChI is InChI=1S/C29H40O5/c1-17(30)33-19-16-21-26(4)12-10-22(31)25(2,3)20(26)9-14-27(21,5)28(6)13-8-18(24(19)28)29(7)15-11-23(32)34-29/h10-12,15,18-21,24H,8-9,13-14,16H2,1-7H3/t18?,19-,20?,21-,24?,26+,27-,28-,29+/m1/s1. The summed E-state index contributed by atoms with van der Waals surface area (Å²) < 4.78 is 12.0. The van der Waals surface area contributed by atoms with E-state index in [0.29, 0.717) is 5.92 Å². The molecule has 0 radical (unpaired) electrons. The average molecular weight is 469 g/mol. The molecule has 1 heterocycles. The summed E-state index contributed by atoms with van der Waals surface area (Å²) >= 11 is 0. The molecular formula is C29H40O5. The van der Waals surface area contributed by atoms with E-state index in [9.17, 15) is 14.4 Å². The van der Waals surface area contributed by atoms with Crippen LogP contribution in [0.4, 0.5) is 0 Å². The molecule has 3 fully saturated rings. The van der Waals surface area contributed by atoms with Crippen LogP contribution in [-0.2, 0) is 23.9 Å². The van der Waals surface area contributed by atoms with E-state index in [1.807, 2.05) is 19.1 Å². The number of carbonyl (C=O) groups excluding carboxylic acids is 3. The minimum absolute atomic E-state index is 0.0256. The van der Waals surface area contributed by atoms with Crippen LogP contribution >= 0.6 is 0 Å². The number of cyclic esters (lactones) is 1. The molecule has 4 aliphatic carbocycles. The normalized spacial score (nSPS) is 50.9. The lowest BCUT2D eigenvalue weighted by Gasteiger charge is -2.68. The van der Waals surface area contributed by atoms with Crippen molar-refractivity contribution >= 4 is 17.7 Å². The molecule has 0 aromatic carbocycles. The van der Waals surface area contributed by atoms with Gasteiger partial charge in [0.05, 0.1) is 0 Å². The SMILES string of the molecule is CC(=O)O[C@@H]1C[C@@H]2[C@@]3(C)C=CC(=O)C(C)(C)C3CC[C@@]2(C)[C@]2(C)CCC([C@]3(C)C=CC(=O)O3)C12. The summed E-state index contributed by atoms with van der Waals surface area (Å²) in [5, 5.41) is 0. The molecule has 5 nitrogen and oxygen atoms in total. The van der Waals surface area contributed by atoms with Crippen molar-refractivity contribution in [2.45, 2.75) is 92.3 Å². The van der Waals surface area contributed by atoms with Gasteiger partial charge in [0.2, 0.25) is 0 Å². The predicted octanol–water partition coefficient (Wildman–Crippen LogP) is 5.43. The second kappa shape index (κ2) is 7.07. The van der Waals surface area contributed by atoms with Crippen molar-refractivity contribution in [3.8, 4) is 0 Å². The zero-order valence-electron chi connectivity index (χ0n) is 21.8. The van der Waals surface area contributed by atoms with E-state index in [1.54, 1.807) is 6.08 Å². The van der Waals surface area contributed by atoms with Crippen molar-refractivity contribution in [3.63, 3.8) is 0 Å². The average Bonchev–Trinajstić information content (AvgIpc) is 3.28. The topological polar surface area (TPSA) is 69.7 Å². The van der Waals surface area contributed by atoms with Crippen molar-refractivity contribution in [3.05, 3.63) is 24.3 Å². The molecule has 5 heteroatoms. The van der Waals surface area contributed by atoms with Gasteiger partial charge < -0.3 is 9.47 Å². The van der Waals surface area contributed by atoms with Gasteiger partial charge in [0.1, 0.15) is 11.7 Å². The van der Waals surface area contributed by atoms with Gasteiger partial charge >= 0.3 is 11.9 Å². The van der Waals surface area contributed by atoms with Gasteiger partial charge in [-0.05, 0) is 79.3 Å². The fourth-order valence-electron chi connectivity index (χ4n) is 9.72. The molecule has 186 valence electrons. The van der Waals surface area contributed by atoms with Gasteiger partial charge in [0.15, 0.2) is 5.78 Å². The molecule has 0 amide bonds. The molecule has 9 atom stereocenters. The quantitative estimate of drug-likeness (QED) is 0.506. The fraction of sp³-hybridized carbons (Fsp3) is 0.759. The third kappa shape index (κ3) is 2.88. The van der Waals surface area contributed by atoms with E-state index >= 15 is 0 Å². The number of ketones is 1. The van der Waals surface area contributed by atoms with Crippen molar-refractivity contribution in [1.82, 2.24) is 0 Å². The first-order valence-corrected chi connectivity index (χ1v) is 13.0. The maximum atomic E-state index is 12.9. The summed E-state index contributed by atoms with van der Waals surface area (Å²) in [7, 11) is 0. The molecule has 0 N–H and O–H groups in total. The van der Waals surface area contributed by atoms with Crippen LogP contribution in [0.3, 0.4) is 0 Å². The predicted molar refractivity (Wildman–Crippen MR) is 128 cm³/mol. The molecule has 1 aliphatic heterocycles. The number of rotatable bonds is 2. The molecule has 0 spiro atoms. The molecule has 0 bridgehead atoms. The maximum absolute atomic E-state index is 12.9. The lowest BCUT2D eigenvalue weighted by Crippen LogP contribution is -2.65. The highest BCUT2D eigenvalue weighted by Gasteiger charge is 2.72. The largest absolute Gasteiger partial charge is 0.462 e. The first kappa shape index (κ1) is 23.8. The van der Waals surface area contributed by atoms with E-state index in [0.717, 1.165) is 32.1 Å². The van der Waals surface area contributed by atoms with Crippen molar-refractivity contribution in [1.29, 1.82) is 0 Å². The monoisotopic (exact) mass is 468 g/mol. The lowest BCUT2D eigenvalue weighted by molar-refractivity contribution is -0.222. The number of ether oxygens (including phenoxy) is 2. The Morgan fingerprint density at radius 3 is 2.24 bits per heavy atom. The minimum Gasteiger partial charge on any atom is -0.462 e. The second-order valence-electron chi connectivity index (χ2n) is 13.3. The Labute approximate surface area is 203 Å². The van der Waals surface area contributed by atoms with E-state index in [4.69, 9.17) is 9.47 Å². The summed E-state index contributed by atoms with van der Waals surface area (Å²) in [6.45, 7) is 14.9.